The van der Waals surface area contributed by atoms with Crippen LogP contribution in [-0.4, -0.2) is 22.4 Å². The van der Waals surface area contributed by atoms with E-state index in [4.69, 9.17) is 0 Å². The molecule has 0 aliphatic heterocycles. The molecule has 0 unspecified atom stereocenters. The first kappa shape index (κ1) is 11.1. The normalized spacial score (nSPS) is 15.9. The summed E-state index contributed by atoms with van der Waals surface area (Å²) in [6, 6.07) is 0.824. The molecular weight excluding hydrogens is 254 g/mol. The maximum Gasteiger partial charge on any atom is 0.0635 e. The minimum absolute atomic E-state index is 0.824. The summed E-state index contributed by atoms with van der Waals surface area (Å²) in [7, 11) is 0. The fourth-order valence-corrected chi connectivity index (χ4v) is 2.25. The Morgan fingerprint density at radius 3 is 3.07 bits per heavy atom. The largest absolute Gasteiger partial charge is 0.314 e. The lowest BCUT2D eigenvalue weighted by Gasteiger charge is -2.06. The van der Waals surface area contributed by atoms with Crippen LogP contribution >= 0.6 is 15.9 Å². The maximum absolute atomic E-state index is 4.31. The van der Waals surface area contributed by atoms with E-state index < -0.39 is 0 Å². The van der Waals surface area contributed by atoms with Crippen LogP contribution in [0.1, 0.15) is 31.9 Å². The molecule has 1 aromatic heterocycles. The summed E-state index contributed by atoms with van der Waals surface area (Å²) in [5.74, 6) is 0. The van der Waals surface area contributed by atoms with E-state index >= 15 is 0 Å². The highest BCUT2D eigenvalue weighted by Gasteiger charge is 2.19. The monoisotopic (exact) mass is 271 g/mol. The van der Waals surface area contributed by atoms with Gasteiger partial charge >= 0.3 is 0 Å². The van der Waals surface area contributed by atoms with Gasteiger partial charge in [-0.15, -0.1) is 0 Å². The fourth-order valence-electron chi connectivity index (χ4n) is 1.76. The molecular formula is C11H18BrN3. The second-order valence-corrected chi connectivity index (χ2v) is 4.94. The number of hydrogen-bond donors (Lipinski definition) is 1. The van der Waals surface area contributed by atoms with E-state index in [0.29, 0.717) is 0 Å². The molecule has 0 amide bonds. The van der Waals surface area contributed by atoms with Crippen LogP contribution in [-0.2, 0) is 13.0 Å². The Labute approximate surface area is 99.4 Å². The molecule has 0 atom stereocenters. The van der Waals surface area contributed by atoms with Gasteiger partial charge in [-0.25, -0.2) is 0 Å². The first-order valence-electron chi connectivity index (χ1n) is 5.75. The van der Waals surface area contributed by atoms with Crippen LogP contribution in [0.2, 0.25) is 0 Å². The van der Waals surface area contributed by atoms with Crippen molar-refractivity contribution in [3.63, 3.8) is 0 Å². The molecule has 0 saturated heterocycles. The van der Waals surface area contributed by atoms with Gasteiger partial charge in [-0.2, -0.15) is 5.10 Å². The molecule has 0 radical (unpaired) electrons. The minimum Gasteiger partial charge on any atom is -0.314 e. The summed E-state index contributed by atoms with van der Waals surface area (Å²) in [4.78, 5) is 0. The lowest BCUT2D eigenvalue weighted by atomic mass is 10.2. The summed E-state index contributed by atoms with van der Waals surface area (Å²) in [6.45, 7) is 4.22. The molecule has 1 saturated carbocycles. The van der Waals surface area contributed by atoms with Crippen molar-refractivity contribution in [2.75, 3.05) is 6.54 Å². The van der Waals surface area contributed by atoms with Crippen molar-refractivity contribution in [2.24, 2.45) is 0 Å². The zero-order chi connectivity index (χ0) is 10.7. The van der Waals surface area contributed by atoms with Crippen molar-refractivity contribution in [3.05, 3.63) is 16.4 Å². The van der Waals surface area contributed by atoms with E-state index in [1.54, 1.807) is 0 Å². The van der Waals surface area contributed by atoms with Gasteiger partial charge in [0, 0.05) is 12.6 Å². The van der Waals surface area contributed by atoms with Gasteiger partial charge in [0.1, 0.15) is 0 Å². The van der Waals surface area contributed by atoms with E-state index in [0.717, 1.165) is 30.0 Å². The zero-order valence-corrected chi connectivity index (χ0v) is 10.8. The van der Waals surface area contributed by atoms with Gasteiger partial charge < -0.3 is 5.32 Å². The molecule has 1 heterocycles. The third-order valence-corrected chi connectivity index (χ3v) is 3.46. The second-order valence-electron chi connectivity index (χ2n) is 4.09. The van der Waals surface area contributed by atoms with Gasteiger partial charge in [0.05, 0.1) is 16.4 Å². The standard InChI is InChI=1S/C11H18BrN3/c1-2-15-11(10(12)8-14-15)4-3-7-13-9-5-6-9/h8-9,13H,2-7H2,1H3. The van der Waals surface area contributed by atoms with Crippen molar-refractivity contribution >= 4 is 15.9 Å². The predicted octanol–water partition coefficient (Wildman–Crippen LogP) is 2.35. The Kier molecular flexibility index (Phi) is 3.81. The van der Waals surface area contributed by atoms with E-state index in [9.17, 15) is 0 Å². The Morgan fingerprint density at radius 1 is 1.60 bits per heavy atom. The molecule has 0 spiro atoms. The van der Waals surface area contributed by atoms with Crippen LogP contribution in [0.4, 0.5) is 0 Å². The van der Waals surface area contributed by atoms with Gasteiger partial charge in [0.2, 0.25) is 0 Å². The SMILES string of the molecule is CCn1ncc(Br)c1CCCNC1CC1. The van der Waals surface area contributed by atoms with E-state index in [2.05, 4.69) is 38.0 Å². The summed E-state index contributed by atoms with van der Waals surface area (Å²) < 4.78 is 3.22. The molecule has 2 rings (SSSR count). The average molecular weight is 272 g/mol. The first-order valence-corrected chi connectivity index (χ1v) is 6.54. The van der Waals surface area contributed by atoms with Crippen molar-refractivity contribution in [1.82, 2.24) is 15.1 Å². The lowest BCUT2D eigenvalue weighted by Crippen LogP contribution is -2.18. The van der Waals surface area contributed by atoms with Gasteiger partial charge in [-0.1, -0.05) is 0 Å². The van der Waals surface area contributed by atoms with Gasteiger partial charge in [-0.3, -0.25) is 4.68 Å². The summed E-state index contributed by atoms with van der Waals surface area (Å²) in [6.07, 6.45) is 6.94. The third-order valence-electron chi connectivity index (χ3n) is 2.80. The smallest absolute Gasteiger partial charge is 0.0635 e. The Morgan fingerprint density at radius 2 is 2.40 bits per heavy atom. The van der Waals surface area contributed by atoms with E-state index in [1.807, 2.05) is 6.20 Å². The van der Waals surface area contributed by atoms with E-state index in [-0.39, 0.29) is 0 Å². The molecule has 1 aliphatic carbocycles. The number of hydrogen-bond acceptors (Lipinski definition) is 2. The summed E-state index contributed by atoms with van der Waals surface area (Å²) in [5.41, 5.74) is 1.33. The van der Waals surface area contributed by atoms with Crippen LogP contribution in [0.3, 0.4) is 0 Å². The highest BCUT2D eigenvalue weighted by Crippen LogP contribution is 2.19. The van der Waals surface area contributed by atoms with Crippen LogP contribution in [0, 0.1) is 0 Å². The molecule has 0 bridgehead atoms. The molecule has 1 aromatic rings. The molecule has 0 aromatic carbocycles. The summed E-state index contributed by atoms with van der Waals surface area (Å²) >= 11 is 3.55. The van der Waals surface area contributed by atoms with Crippen molar-refractivity contribution in [1.29, 1.82) is 0 Å². The number of aromatic nitrogens is 2. The molecule has 15 heavy (non-hydrogen) atoms. The quantitative estimate of drug-likeness (QED) is 0.806. The number of aryl methyl sites for hydroxylation is 1. The number of halogens is 1. The average Bonchev–Trinajstić information content (AvgIpc) is 2.99. The highest BCUT2D eigenvalue weighted by atomic mass is 79.9. The van der Waals surface area contributed by atoms with Crippen LogP contribution in [0.25, 0.3) is 0 Å². The van der Waals surface area contributed by atoms with Crippen LogP contribution in [0.15, 0.2) is 10.7 Å². The van der Waals surface area contributed by atoms with Gasteiger partial charge in [0.15, 0.2) is 0 Å². The molecule has 3 nitrogen and oxygen atoms in total. The predicted molar refractivity (Wildman–Crippen MR) is 64.9 cm³/mol. The lowest BCUT2D eigenvalue weighted by molar-refractivity contribution is 0.588. The minimum atomic E-state index is 0.824. The molecule has 1 N–H and O–H groups in total. The first-order chi connectivity index (χ1) is 7.31. The fraction of sp³-hybridized carbons (Fsp3) is 0.727. The molecule has 1 aliphatic rings. The Balaban J connectivity index is 1.77. The zero-order valence-electron chi connectivity index (χ0n) is 9.17. The Hall–Kier alpha value is -0.350. The summed E-state index contributed by atoms with van der Waals surface area (Å²) in [5, 5.41) is 7.84. The topological polar surface area (TPSA) is 29.9 Å². The van der Waals surface area contributed by atoms with Crippen LogP contribution < -0.4 is 5.32 Å². The van der Waals surface area contributed by atoms with Crippen molar-refractivity contribution < 1.29 is 0 Å². The molecule has 84 valence electrons. The molecule has 1 fully saturated rings. The second kappa shape index (κ2) is 5.12. The van der Waals surface area contributed by atoms with E-state index in [1.165, 1.54) is 25.0 Å². The number of nitrogens with one attached hydrogen (secondary N) is 1. The van der Waals surface area contributed by atoms with Gasteiger partial charge in [-0.05, 0) is 55.1 Å². The Bertz CT molecular complexity index is 318. The van der Waals surface area contributed by atoms with Crippen molar-refractivity contribution in [3.8, 4) is 0 Å². The number of rotatable bonds is 6. The number of nitrogens with zero attached hydrogens (tertiary/aromatic N) is 2. The third kappa shape index (κ3) is 3.05. The molecule has 4 heteroatoms. The van der Waals surface area contributed by atoms with Gasteiger partial charge in [0.25, 0.3) is 0 Å². The van der Waals surface area contributed by atoms with Crippen LogP contribution in [0.5, 0.6) is 0 Å². The van der Waals surface area contributed by atoms with Crippen molar-refractivity contribution in [2.45, 2.75) is 45.2 Å². The maximum atomic E-state index is 4.31. The highest BCUT2D eigenvalue weighted by molar-refractivity contribution is 9.10.